The van der Waals surface area contributed by atoms with E-state index >= 15 is 0 Å². The minimum Gasteiger partial charge on any atom is -0.438 e. The Balaban J connectivity index is 2.19. The molecule has 10 heteroatoms. The minimum absolute atomic E-state index is 0.142. The highest BCUT2D eigenvalue weighted by Crippen LogP contribution is 2.28. The quantitative estimate of drug-likeness (QED) is 0.505. The predicted octanol–water partition coefficient (Wildman–Crippen LogP) is 1.72. The molecule has 1 amide bonds. The zero-order valence-corrected chi connectivity index (χ0v) is 16.0. The number of morpholine rings is 1. The Bertz CT molecular complexity index is 681. The van der Waals surface area contributed by atoms with Crippen LogP contribution in [0.25, 0.3) is 0 Å². The normalized spacial score (nSPS) is 16.5. The number of hydrogen-bond donors (Lipinski definition) is 2. The van der Waals surface area contributed by atoms with E-state index in [1.54, 1.807) is 0 Å². The minimum atomic E-state index is -1.62. The summed E-state index contributed by atoms with van der Waals surface area (Å²) in [6, 6.07) is 4.14. The molecule has 156 valence electrons. The fourth-order valence-electron chi connectivity index (χ4n) is 2.82. The second-order valence-electron chi connectivity index (χ2n) is 6.99. The van der Waals surface area contributed by atoms with Crippen molar-refractivity contribution in [3.63, 3.8) is 0 Å². The smallest absolute Gasteiger partial charge is 0.407 e. The Morgan fingerprint density at radius 1 is 1.43 bits per heavy atom. The van der Waals surface area contributed by atoms with Gasteiger partial charge in [-0.1, -0.05) is 19.9 Å². The number of anilines is 1. The molecule has 2 rings (SSSR count). The van der Waals surface area contributed by atoms with Gasteiger partial charge in [-0.3, -0.25) is 10.1 Å². The first-order valence-corrected chi connectivity index (χ1v) is 9.14. The predicted molar refractivity (Wildman–Crippen MR) is 99.4 cm³/mol. The number of carbonyl (C=O) groups excluding carboxylic acids is 1. The van der Waals surface area contributed by atoms with Crippen LogP contribution in [0.5, 0.6) is 0 Å². The molecule has 9 nitrogen and oxygen atoms in total. The van der Waals surface area contributed by atoms with E-state index in [1.807, 2.05) is 18.7 Å². The molecule has 0 saturated carbocycles. The molecule has 0 aromatic heterocycles. The molecule has 0 bridgehead atoms. The van der Waals surface area contributed by atoms with E-state index in [0.717, 1.165) is 6.07 Å². The van der Waals surface area contributed by atoms with E-state index < -0.39 is 35.6 Å². The van der Waals surface area contributed by atoms with Crippen molar-refractivity contribution in [2.45, 2.75) is 26.1 Å². The number of alkyl carbamates (subject to hydrolysis) is 1. The van der Waals surface area contributed by atoms with Gasteiger partial charge in [0.1, 0.15) is 5.82 Å². The standard InChI is InChI=1S/C18H26FN3O6/c1-12(2)10-20-18(24)28-17(16(23)11-22(25)26)13-3-4-15(14(19)9-13)21-5-7-27-8-6-21/h3-4,9,12,16-17,23H,5-8,10-11H2,1-2H3,(H,20,24)/t16-,17-/m0/s1. The maximum atomic E-state index is 14.7. The van der Waals surface area contributed by atoms with E-state index in [9.17, 15) is 24.4 Å². The SMILES string of the molecule is CC(C)CNC(=O)O[C@@H](c1ccc(N2CCOCC2)c(F)c1)[C@@H](O)C[N+](=O)[O-]. The summed E-state index contributed by atoms with van der Waals surface area (Å²) in [5.41, 5.74) is 0.502. The van der Waals surface area contributed by atoms with Gasteiger partial charge in [0.15, 0.2) is 12.2 Å². The first-order chi connectivity index (χ1) is 13.3. The molecule has 1 aliphatic rings. The third-order valence-electron chi connectivity index (χ3n) is 4.23. The van der Waals surface area contributed by atoms with E-state index in [2.05, 4.69) is 5.32 Å². The Morgan fingerprint density at radius 3 is 2.68 bits per heavy atom. The molecular formula is C18H26FN3O6. The van der Waals surface area contributed by atoms with Gasteiger partial charge in [0.2, 0.25) is 6.54 Å². The lowest BCUT2D eigenvalue weighted by Gasteiger charge is -2.29. The molecule has 1 fully saturated rings. The van der Waals surface area contributed by atoms with Gasteiger partial charge in [0.05, 0.1) is 18.9 Å². The van der Waals surface area contributed by atoms with Crippen molar-refractivity contribution in [2.24, 2.45) is 5.92 Å². The molecular weight excluding hydrogens is 373 g/mol. The summed E-state index contributed by atoms with van der Waals surface area (Å²) in [5, 5.41) is 23.5. The summed E-state index contributed by atoms with van der Waals surface area (Å²) in [6.45, 7) is 5.33. The van der Waals surface area contributed by atoms with Crippen LogP contribution in [-0.2, 0) is 9.47 Å². The van der Waals surface area contributed by atoms with Crippen LogP contribution in [0, 0.1) is 21.8 Å². The molecule has 1 aliphatic heterocycles. The number of ether oxygens (including phenoxy) is 2. The number of halogens is 1. The fourth-order valence-corrected chi connectivity index (χ4v) is 2.82. The molecule has 2 atom stereocenters. The zero-order chi connectivity index (χ0) is 20.7. The zero-order valence-electron chi connectivity index (χ0n) is 16.0. The van der Waals surface area contributed by atoms with Gasteiger partial charge >= 0.3 is 6.09 Å². The van der Waals surface area contributed by atoms with E-state index in [1.165, 1.54) is 12.1 Å². The van der Waals surface area contributed by atoms with Crippen molar-refractivity contribution in [3.8, 4) is 0 Å². The Labute approximate surface area is 162 Å². The van der Waals surface area contributed by atoms with Gasteiger partial charge in [0, 0.05) is 24.6 Å². The number of nitrogens with zero attached hydrogens (tertiary/aromatic N) is 2. The number of carbonyl (C=O) groups is 1. The van der Waals surface area contributed by atoms with Crippen LogP contribution in [0.15, 0.2) is 18.2 Å². The van der Waals surface area contributed by atoms with Crippen molar-refractivity contribution >= 4 is 11.8 Å². The number of benzene rings is 1. The topological polar surface area (TPSA) is 114 Å². The molecule has 1 aromatic carbocycles. The number of aliphatic hydroxyl groups is 1. The summed E-state index contributed by atoms with van der Waals surface area (Å²) in [4.78, 5) is 23.9. The summed E-state index contributed by atoms with van der Waals surface area (Å²) < 4.78 is 25.1. The number of aliphatic hydroxyl groups excluding tert-OH is 1. The van der Waals surface area contributed by atoms with Crippen molar-refractivity contribution in [2.75, 3.05) is 44.3 Å². The summed E-state index contributed by atoms with van der Waals surface area (Å²) in [7, 11) is 0. The summed E-state index contributed by atoms with van der Waals surface area (Å²) in [6.07, 6.45) is -3.82. The maximum absolute atomic E-state index is 14.7. The molecule has 0 aliphatic carbocycles. The van der Waals surface area contributed by atoms with Crippen LogP contribution in [0.2, 0.25) is 0 Å². The van der Waals surface area contributed by atoms with Crippen LogP contribution < -0.4 is 10.2 Å². The Morgan fingerprint density at radius 2 is 2.11 bits per heavy atom. The summed E-state index contributed by atoms with van der Waals surface area (Å²) >= 11 is 0. The lowest BCUT2D eigenvalue weighted by molar-refractivity contribution is -0.493. The second-order valence-corrected chi connectivity index (χ2v) is 6.99. The van der Waals surface area contributed by atoms with Crippen LogP contribution in [0.1, 0.15) is 25.5 Å². The van der Waals surface area contributed by atoms with E-state index in [-0.39, 0.29) is 11.5 Å². The number of amides is 1. The molecule has 1 saturated heterocycles. The molecule has 0 spiro atoms. The Hall–Kier alpha value is -2.46. The van der Waals surface area contributed by atoms with Gasteiger partial charge in [-0.25, -0.2) is 9.18 Å². The Kier molecular flexibility index (Phi) is 7.94. The lowest BCUT2D eigenvalue weighted by atomic mass is 10.0. The maximum Gasteiger partial charge on any atom is 0.407 e. The molecule has 2 N–H and O–H groups in total. The first kappa shape index (κ1) is 21.8. The van der Waals surface area contributed by atoms with Crippen LogP contribution in [0.4, 0.5) is 14.9 Å². The molecule has 1 heterocycles. The van der Waals surface area contributed by atoms with Gasteiger partial charge in [-0.05, 0) is 23.6 Å². The van der Waals surface area contributed by atoms with Gasteiger partial charge in [0.25, 0.3) is 0 Å². The number of hydrogen-bond acceptors (Lipinski definition) is 7. The lowest BCUT2D eigenvalue weighted by Crippen LogP contribution is -2.37. The molecule has 28 heavy (non-hydrogen) atoms. The monoisotopic (exact) mass is 399 g/mol. The van der Waals surface area contributed by atoms with E-state index in [0.29, 0.717) is 38.5 Å². The average molecular weight is 399 g/mol. The molecule has 0 unspecified atom stereocenters. The van der Waals surface area contributed by atoms with E-state index in [4.69, 9.17) is 9.47 Å². The molecule has 1 aromatic rings. The van der Waals surface area contributed by atoms with Gasteiger partial charge < -0.3 is 24.8 Å². The first-order valence-electron chi connectivity index (χ1n) is 9.14. The van der Waals surface area contributed by atoms with Crippen molar-refractivity contribution < 1.29 is 28.7 Å². The van der Waals surface area contributed by atoms with Crippen LogP contribution >= 0.6 is 0 Å². The molecule has 0 radical (unpaired) electrons. The van der Waals surface area contributed by atoms with Crippen molar-refractivity contribution in [1.82, 2.24) is 5.32 Å². The van der Waals surface area contributed by atoms with Gasteiger partial charge in [-0.15, -0.1) is 0 Å². The average Bonchev–Trinajstić information content (AvgIpc) is 2.64. The second kappa shape index (κ2) is 10.2. The third-order valence-corrected chi connectivity index (χ3v) is 4.23. The largest absolute Gasteiger partial charge is 0.438 e. The summed E-state index contributed by atoms with van der Waals surface area (Å²) in [5.74, 6) is -0.399. The van der Waals surface area contributed by atoms with Gasteiger partial charge in [-0.2, -0.15) is 0 Å². The highest BCUT2D eigenvalue weighted by atomic mass is 19.1. The van der Waals surface area contributed by atoms with Crippen LogP contribution in [-0.4, -0.2) is 61.6 Å². The third kappa shape index (κ3) is 6.31. The number of nitro groups is 1. The van der Waals surface area contributed by atoms with Crippen LogP contribution in [0.3, 0.4) is 0 Å². The highest BCUT2D eigenvalue weighted by molar-refractivity contribution is 5.67. The number of nitrogens with one attached hydrogen (secondary N) is 1. The number of rotatable bonds is 8. The van der Waals surface area contributed by atoms with Crippen molar-refractivity contribution in [3.05, 3.63) is 39.7 Å². The fraction of sp³-hybridized carbons (Fsp3) is 0.611. The van der Waals surface area contributed by atoms with Crippen molar-refractivity contribution in [1.29, 1.82) is 0 Å². The highest BCUT2D eigenvalue weighted by Gasteiger charge is 2.30.